The van der Waals surface area contributed by atoms with Gasteiger partial charge in [0.25, 0.3) is 0 Å². The smallest absolute Gasteiger partial charge is 0.153 e. The van der Waals surface area contributed by atoms with Crippen LogP contribution >= 0.6 is 11.6 Å². The Hall–Kier alpha value is -0.0200. The number of rotatable bonds is 5. The Balaban J connectivity index is 0. The lowest BCUT2D eigenvalue weighted by atomic mass is 10.1. The summed E-state index contributed by atoms with van der Waals surface area (Å²) in [4.78, 5) is 1.32. The van der Waals surface area contributed by atoms with Crippen molar-refractivity contribution in [1.82, 2.24) is 0 Å². The summed E-state index contributed by atoms with van der Waals surface area (Å²) in [7, 11) is 2.08. The van der Waals surface area contributed by atoms with E-state index in [2.05, 4.69) is 43.5 Å². The fraction of sp³-hybridized carbons (Fsp3) is 0.333. The number of hydrogen-bond acceptors (Lipinski definition) is 0. The molecular formula is C12H17BrCl2N-. The quantitative estimate of drug-likeness (QED) is 0.316. The topological polar surface area (TPSA) is 4.44 Å². The molecule has 0 bridgehead atoms. The monoisotopic (exact) mass is 324 g/mol. The van der Waals surface area contributed by atoms with Gasteiger partial charge in [-0.25, -0.2) is 0 Å². The van der Waals surface area contributed by atoms with Crippen molar-refractivity contribution in [1.29, 1.82) is 0 Å². The third kappa shape index (κ3) is 8.17. The molecule has 4 heteroatoms. The number of allylic oxidation sites excluding steroid dienone is 1. The normalized spacial score (nSPS) is 11.6. The number of nitrogens with one attached hydrogen (secondary N) is 1. The van der Waals surface area contributed by atoms with Gasteiger partial charge in [0.1, 0.15) is 0 Å². The summed E-state index contributed by atoms with van der Waals surface area (Å²) in [5.41, 5.74) is 1.35. The average molecular weight is 326 g/mol. The Bertz CT molecular complexity index is 278. The van der Waals surface area contributed by atoms with Crippen molar-refractivity contribution in [3.05, 3.63) is 48.0 Å². The van der Waals surface area contributed by atoms with E-state index in [9.17, 15) is 0 Å². The standard InChI is InChI=1S/C12H16ClN.BrH.ClH/c1-14(11-13)10-6-5-9-12-7-3-2-4-8-12;;/h2-8H,9-11H2,1H3;2*1H/p-1. The van der Waals surface area contributed by atoms with Gasteiger partial charge in [0.05, 0.1) is 13.6 Å². The minimum Gasteiger partial charge on any atom is -1.00 e. The molecule has 0 heterocycles. The maximum absolute atomic E-state index is 5.68. The number of likely N-dealkylation sites (N-methyl/N-ethyl adjacent to an activating group) is 1. The molecule has 0 spiro atoms. The third-order valence-corrected chi connectivity index (χ3v) is 2.51. The molecule has 1 nitrogen and oxygen atoms in total. The summed E-state index contributed by atoms with van der Waals surface area (Å²) in [6, 6.07) is 11.1. The highest BCUT2D eigenvalue weighted by molar-refractivity contribution is 6.16. The van der Waals surface area contributed by atoms with Gasteiger partial charge in [-0.05, 0) is 18.1 Å². The van der Waals surface area contributed by atoms with Crippen molar-refractivity contribution < 1.29 is 34.3 Å². The van der Waals surface area contributed by atoms with Crippen LogP contribution in [-0.2, 0) is 6.42 Å². The molecule has 16 heavy (non-hydrogen) atoms. The van der Waals surface area contributed by atoms with Gasteiger partial charge >= 0.3 is 0 Å². The van der Waals surface area contributed by atoms with E-state index >= 15 is 0 Å². The van der Waals surface area contributed by atoms with Crippen LogP contribution in [0.5, 0.6) is 0 Å². The molecule has 1 aromatic carbocycles. The first kappa shape index (κ1) is 18.3. The molecule has 0 radical (unpaired) electrons. The molecule has 0 aromatic heterocycles. The summed E-state index contributed by atoms with van der Waals surface area (Å²) in [6.07, 6.45) is 5.40. The molecule has 0 saturated heterocycles. The molecule has 1 aromatic rings. The van der Waals surface area contributed by atoms with Gasteiger partial charge in [-0.15, -0.1) is 0 Å². The molecule has 0 aliphatic carbocycles. The minimum atomic E-state index is 0. The van der Waals surface area contributed by atoms with Crippen molar-refractivity contribution in [2.24, 2.45) is 0 Å². The predicted molar refractivity (Wildman–Crippen MR) is 61.8 cm³/mol. The van der Waals surface area contributed by atoms with E-state index < -0.39 is 0 Å². The molecule has 1 atom stereocenters. The van der Waals surface area contributed by atoms with Gasteiger partial charge in [-0.3, -0.25) is 0 Å². The predicted octanol–water partition coefficient (Wildman–Crippen LogP) is -4.50. The van der Waals surface area contributed by atoms with E-state index in [1.807, 2.05) is 6.07 Å². The van der Waals surface area contributed by atoms with Crippen LogP contribution in [-0.4, -0.2) is 19.6 Å². The number of quaternary nitrogens is 1. The van der Waals surface area contributed by atoms with Gasteiger partial charge in [-0.2, -0.15) is 0 Å². The van der Waals surface area contributed by atoms with Crippen LogP contribution in [0.15, 0.2) is 42.5 Å². The first-order chi connectivity index (χ1) is 6.83. The van der Waals surface area contributed by atoms with Gasteiger partial charge in [0.2, 0.25) is 0 Å². The lowest BCUT2D eigenvalue weighted by molar-refractivity contribution is -0.861. The van der Waals surface area contributed by atoms with E-state index in [0.717, 1.165) is 13.0 Å². The van der Waals surface area contributed by atoms with Crippen molar-refractivity contribution in [2.45, 2.75) is 6.42 Å². The number of halogens is 3. The highest BCUT2D eigenvalue weighted by Crippen LogP contribution is 1.99. The number of benzene rings is 1. The fourth-order valence-electron chi connectivity index (χ4n) is 1.17. The first-order valence-electron chi connectivity index (χ1n) is 4.89. The van der Waals surface area contributed by atoms with Crippen LogP contribution in [0.2, 0.25) is 0 Å². The highest BCUT2D eigenvalue weighted by atomic mass is 79.9. The molecule has 1 rings (SSSR count). The molecule has 1 N–H and O–H groups in total. The lowest BCUT2D eigenvalue weighted by Crippen LogP contribution is -3.07. The summed E-state index contributed by atoms with van der Waals surface area (Å²) in [6.45, 7) is 0.996. The van der Waals surface area contributed by atoms with Crippen LogP contribution in [0.25, 0.3) is 0 Å². The zero-order valence-electron chi connectivity index (χ0n) is 9.30. The lowest BCUT2D eigenvalue weighted by Gasteiger charge is -2.05. The SMILES string of the molecule is C[NH+](CCl)CC=CCc1ccccc1.[Br-].[Cl-]. The van der Waals surface area contributed by atoms with E-state index in [0.29, 0.717) is 6.00 Å². The maximum Gasteiger partial charge on any atom is 0.153 e. The Labute approximate surface area is 120 Å². The molecule has 0 aliphatic heterocycles. The molecule has 92 valence electrons. The summed E-state index contributed by atoms with van der Waals surface area (Å²) in [5.74, 6) is 0. The second kappa shape index (κ2) is 11.5. The number of alkyl halides is 1. The van der Waals surface area contributed by atoms with Gasteiger partial charge in [0, 0.05) is 0 Å². The zero-order valence-corrected chi connectivity index (χ0v) is 12.4. The highest BCUT2D eigenvalue weighted by Gasteiger charge is 1.92. The van der Waals surface area contributed by atoms with Crippen molar-refractivity contribution in [3.8, 4) is 0 Å². The third-order valence-electron chi connectivity index (χ3n) is 2.06. The largest absolute Gasteiger partial charge is 1.00 e. The molecule has 0 amide bonds. The Morgan fingerprint density at radius 3 is 2.38 bits per heavy atom. The van der Waals surface area contributed by atoms with Crippen LogP contribution in [0.3, 0.4) is 0 Å². The van der Waals surface area contributed by atoms with Crippen LogP contribution in [0, 0.1) is 0 Å². The van der Waals surface area contributed by atoms with Crippen LogP contribution in [0.1, 0.15) is 5.56 Å². The van der Waals surface area contributed by atoms with Crippen molar-refractivity contribution >= 4 is 11.6 Å². The van der Waals surface area contributed by atoms with E-state index in [1.165, 1.54) is 10.5 Å². The summed E-state index contributed by atoms with van der Waals surface area (Å²) in [5, 5.41) is 0. The molecule has 1 unspecified atom stereocenters. The van der Waals surface area contributed by atoms with Crippen LogP contribution < -0.4 is 34.3 Å². The molecule has 0 fully saturated rings. The first-order valence-corrected chi connectivity index (χ1v) is 5.42. The van der Waals surface area contributed by atoms with Crippen molar-refractivity contribution in [3.63, 3.8) is 0 Å². The van der Waals surface area contributed by atoms with Gasteiger partial charge < -0.3 is 34.3 Å². The maximum atomic E-state index is 5.68. The molecule has 0 aliphatic rings. The Morgan fingerprint density at radius 1 is 1.19 bits per heavy atom. The van der Waals surface area contributed by atoms with E-state index in [-0.39, 0.29) is 29.4 Å². The summed E-state index contributed by atoms with van der Waals surface area (Å²) < 4.78 is 0. The number of hydrogen-bond donors (Lipinski definition) is 1. The zero-order chi connectivity index (χ0) is 10.2. The molecular weight excluding hydrogens is 309 g/mol. The average Bonchev–Trinajstić information content (AvgIpc) is 2.25. The van der Waals surface area contributed by atoms with Crippen molar-refractivity contribution in [2.75, 3.05) is 19.6 Å². The summed E-state index contributed by atoms with van der Waals surface area (Å²) >= 11 is 5.68. The van der Waals surface area contributed by atoms with E-state index in [4.69, 9.17) is 11.6 Å². The van der Waals surface area contributed by atoms with E-state index in [1.54, 1.807) is 0 Å². The Kier molecular flexibility index (Phi) is 13.1. The molecule has 0 saturated carbocycles. The minimum absolute atomic E-state index is 0. The van der Waals surface area contributed by atoms with Gasteiger partial charge in [-0.1, -0.05) is 48.0 Å². The van der Waals surface area contributed by atoms with Gasteiger partial charge in [0.15, 0.2) is 6.00 Å². The van der Waals surface area contributed by atoms with Crippen LogP contribution in [0.4, 0.5) is 0 Å². The fourth-order valence-corrected chi connectivity index (χ4v) is 1.28. The second-order valence-corrected chi connectivity index (χ2v) is 3.72. The Morgan fingerprint density at radius 2 is 1.81 bits per heavy atom. The second-order valence-electron chi connectivity index (χ2n) is 3.46.